The van der Waals surface area contributed by atoms with Crippen molar-refractivity contribution in [2.24, 2.45) is 5.84 Å². The van der Waals surface area contributed by atoms with Crippen LogP contribution in [0.25, 0.3) is 0 Å². The first kappa shape index (κ1) is 15.5. The van der Waals surface area contributed by atoms with Crippen molar-refractivity contribution in [3.05, 3.63) is 28.0 Å². The molecular weight excluding hydrogens is 322 g/mol. The minimum atomic E-state index is -0.550. The fraction of sp³-hybridized carbons (Fsp3) is 0.182. The van der Waals surface area contributed by atoms with E-state index in [9.17, 15) is 4.39 Å². The van der Waals surface area contributed by atoms with Gasteiger partial charge in [-0.25, -0.2) is 10.2 Å². The zero-order valence-corrected chi connectivity index (χ0v) is 12.3. The average Bonchev–Trinajstić information content (AvgIpc) is 2.43. The number of nitrogen functional groups attached to an aromatic ring is 1. The summed E-state index contributed by atoms with van der Waals surface area (Å²) in [6.45, 7) is 2.14. The van der Waals surface area contributed by atoms with E-state index in [0.717, 1.165) is 12.1 Å². The van der Waals surface area contributed by atoms with Crippen LogP contribution in [0.5, 0.6) is 6.01 Å². The molecule has 1 aromatic heterocycles. The maximum Gasteiger partial charge on any atom is 0.323 e. The number of nitrogens with zero attached hydrogens (tertiary/aromatic N) is 3. The van der Waals surface area contributed by atoms with Gasteiger partial charge >= 0.3 is 6.01 Å². The molecule has 0 amide bonds. The molecule has 0 saturated heterocycles. The SMILES string of the molecule is CCOc1nc(NN)nc(Nc2c(Cl)cc(F)cc2Cl)n1. The molecule has 2 aromatic rings. The van der Waals surface area contributed by atoms with E-state index in [1.165, 1.54) is 0 Å². The molecule has 112 valence electrons. The smallest absolute Gasteiger partial charge is 0.323 e. The molecule has 0 aliphatic heterocycles. The number of hydrogen-bond donors (Lipinski definition) is 3. The maximum atomic E-state index is 13.1. The molecule has 0 radical (unpaired) electrons. The first-order valence-electron chi connectivity index (χ1n) is 5.80. The first-order valence-corrected chi connectivity index (χ1v) is 6.56. The number of anilines is 3. The molecule has 2 rings (SSSR count). The minimum Gasteiger partial charge on any atom is -0.464 e. The molecule has 0 fully saturated rings. The molecule has 1 aromatic carbocycles. The van der Waals surface area contributed by atoms with Crippen LogP contribution in [0, 0.1) is 5.82 Å². The summed E-state index contributed by atoms with van der Waals surface area (Å²) < 4.78 is 18.3. The summed E-state index contributed by atoms with van der Waals surface area (Å²) in [6, 6.07) is 2.29. The third kappa shape index (κ3) is 3.81. The highest BCUT2D eigenvalue weighted by Crippen LogP contribution is 2.33. The van der Waals surface area contributed by atoms with Gasteiger partial charge in [-0.15, -0.1) is 0 Å². The van der Waals surface area contributed by atoms with E-state index in [4.69, 9.17) is 33.8 Å². The predicted octanol–water partition coefficient (Wildman–Crippen LogP) is 2.75. The number of hydrogen-bond acceptors (Lipinski definition) is 7. The number of nitrogens with two attached hydrogens (primary N) is 1. The fourth-order valence-electron chi connectivity index (χ4n) is 1.44. The number of halogens is 3. The molecule has 0 unspecified atom stereocenters. The van der Waals surface area contributed by atoms with Gasteiger partial charge in [0.05, 0.1) is 22.3 Å². The molecule has 21 heavy (non-hydrogen) atoms. The second-order valence-corrected chi connectivity index (χ2v) is 4.53. The average molecular weight is 333 g/mol. The van der Waals surface area contributed by atoms with Gasteiger partial charge in [0.15, 0.2) is 0 Å². The van der Waals surface area contributed by atoms with Crippen LogP contribution < -0.4 is 21.3 Å². The van der Waals surface area contributed by atoms with Crippen LogP contribution in [0.3, 0.4) is 0 Å². The van der Waals surface area contributed by atoms with Crippen molar-refractivity contribution >= 4 is 40.8 Å². The molecule has 7 nitrogen and oxygen atoms in total. The van der Waals surface area contributed by atoms with Crippen LogP contribution in [-0.4, -0.2) is 21.6 Å². The minimum absolute atomic E-state index is 0.0670. The summed E-state index contributed by atoms with van der Waals surface area (Å²) in [5.74, 6) is 4.90. The third-order valence-corrected chi connectivity index (χ3v) is 2.86. The lowest BCUT2D eigenvalue weighted by molar-refractivity contribution is 0.312. The van der Waals surface area contributed by atoms with Crippen molar-refractivity contribution in [3.8, 4) is 6.01 Å². The van der Waals surface area contributed by atoms with E-state index in [1.54, 1.807) is 6.92 Å². The Balaban J connectivity index is 2.37. The van der Waals surface area contributed by atoms with E-state index in [1.807, 2.05) is 0 Å². The molecule has 0 aliphatic rings. The molecule has 0 atom stereocenters. The van der Waals surface area contributed by atoms with Gasteiger partial charge in [-0.3, -0.25) is 5.43 Å². The van der Waals surface area contributed by atoms with Gasteiger partial charge in [-0.1, -0.05) is 23.2 Å². The number of hydrazine groups is 1. The Morgan fingerprint density at radius 2 is 1.81 bits per heavy atom. The summed E-state index contributed by atoms with van der Waals surface area (Å²) in [4.78, 5) is 11.9. The van der Waals surface area contributed by atoms with Gasteiger partial charge in [0.1, 0.15) is 5.82 Å². The van der Waals surface area contributed by atoms with Gasteiger partial charge in [0.2, 0.25) is 11.9 Å². The topological polar surface area (TPSA) is 98.0 Å². The zero-order valence-electron chi connectivity index (χ0n) is 10.8. The molecule has 0 bridgehead atoms. The summed E-state index contributed by atoms with van der Waals surface area (Å²) in [7, 11) is 0. The van der Waals surface area contributed by atoms with Crippen LogP contribution in [-0.2, 0) is 0 Å². The van der Waals surface area contributed by atoms with Crippen LogP contribution in [0.4, 0.5) is 22.0 Å². The summed E-state index contributed by atoms with van der Waals surface area (Å²) in [6.07, 6.45) is 0. The van der Waals surface area contributed by atoms with E-state index in [2.05, 4.69) is 25.7 Å². The molecule has 0 saturated carbocycles. The van der Waals surface area contributed by atoms with E-state index < -0.39 is 5.82 Å². The molecule has 10 heteroatoms. The number of rotatable bonds is 5. The van der Waals surface area contributed by atoms with Crippen molar-refractivity contribution < 1.29 is 9.13 Å². The number of benzene rings is 1. The van der Waals surface area contributed by atoms with Crippen molar-refractivity contribution in [2.75, 3.05) is 17.3 Å². The van der Waals surface area contributed by atoms with Crippen molar-refractivity contribution in [1.82, 2.24) is 15.0 Å². The predicted molar refractivity (Wildman–Crippen MR) is 78.5 cm³/mol. The standard InChI is InChI=1S/C11H11Cl2FN6O/c1-2-21-11-18-9(17-10(19-11)20-15)16-8-6(12)3-5(14)4-7(8)13/h3-4H,2,15H2,1H3,(H2,16,17,18,19,20). The highest BCUT2D eigenvalue weighted by molar-refractivity contribution is 6.39. The Hall–Kier alpha value is -1.90. The van der Waals surface area contributed by atoms with Gasteiger partial charge in [-0.05, 0) is 19.1 Å². The van der Waals surface area contributed by atoms with E-state index in [-0.39, 0.29) is 33.6 Å². The van der Waals surface area contributed by atoms with E-state index in [0.29, 0.717) is 6.61 Å². The zero-order chi connectivity index (χ0) is 15.4. The van der Waals surface area contributed by atoms with Crippen LogP contribution in [0.1, 0.15) is 6.92 Å². The van der Waals surface area contributed by atoms with Crippen molar-refractivity contribution in [3.63, 3.8) is 0 Å². The summed E-state index contributed by atoms with van der Waals surface area (Å²) in [5.41, 5.74) is 2.54. The Morgan fingerprint density at radius 3 is 2.38 bits per heavy atom. The Morgan fingerprint density at radius 1 is 1.19 bits per heavy atom. The molecular formula is C11H11Cl2FN6O. The van der Waals surface area contributed by atoms with Crippen molar-refractivity contribution in [2.45, 2.75) is 6.92 Å². The van der Waals surface area contributed by atoms with Gasteiger partial charge in [0, 0.05) is 0 Å². The van der Waals surface area contributed by atoms with Crippen LogP contribution >= 0.6 is 23.2 Å². The quantitative estimate of drug-likeness (QED) is 0.572. The van der Waals surface area contributed by atoms with Gasteiger partial charge in [0.25, 0.3) is 0 Å². The first-order chi connectivity index (χ1) is 10.0. The highest BCUT2D eigenvalue weighted by atomic mass is 35.5. The summed E-state index contributed by atoms with van der Waals surface area (Å²) >= 11 is 11.9. The fourth-order valence-corrected chi connectivity index (χ4v) is 2.00. The second-order valence-electron chi connectivity index (χ2n) is 3.71. The largest absolute Gasteiger partial charge is 0.464 e. The summed E-state index contributed by atoms with van der Waals surface area (Å²) in [5, 5.41) is 2.94. The maximum absolute atomic E-state index is 13.1. The van der Waals surface area contributed by atoms with Crippen molar-refractivity contribution in [1.29, 1.82) is 0 Å². The lowest BCUT2D eigenvalue weighted by Crippen LogP contribution is -2.13. The molecule has 0 spiro atoms. The molecule has 0 aliphatic carbocycles. The van der Waals surface area contributed by atoms with Gasteiger partial charge < -0.3 is 10.1 Å². The Bertz CT molecular complexity index is 634. The second kappa shape index (κ2) is 6.70. The van der Waals surface area contributed by atoms with Gasteiger partial charge in [-0.2, -0.15) is 15.0 Å². The Kier molecular flexibility index (Phi) is 4.94. The van der Waals surface area contributed by atoms with E-state index >= 15 is 0 Å². The third-order valence-electron chi connectivity index (χ3n) is 2.26. The lowest BCUT2D eigenvalue weighted by atomic mass is 10.3. The van der Waals surface area contributed by atoms with Crippen LogP contribution in [0.15, 0.2) is 12.1 Å². The highest BCUT2D eigenvalue weighted by Gasteiger charge is 2.12. The number of aromatic nitrogens is 3. The number of nitrogens with one attached hydrogen (secondary N) is 2. The normalized spacial score (nSPS) is 10.3. The molecule has 1 heterocycles. The number of ether oxygens (including phenoxy) is 1. The molecule has 4 N–H and O–H groups in total. The lowest BCUT2D eigenvalue weighted by Gasteiger charge is -2.11. The monoisotopic (exact) mass is 332 g/mol. The Labute approximate surface area is 129 Å². The van der Waals surface area contributed by atoms with Crippen LogP contribution in [0.2, 0.25) is 10.0 Å².